The minimum Gasteiger partial charge on any atom is -0.457 e. The third-order valence-corrected chi connectivity index (χ3v) is 4.02. The van der Waals surface area contributed by atoms with Crippen molar-refractivity contribution in [1.29, 1.82) is 0 Å². The quantitative estimate of drug-likeness (QED) is 0.879. The van der Waals surface area contributed by atoms with Crippen molar-refractivity contribution in [2.24, 2.45) is 0 Å². The lowest BCUT2D eigenvalue weighted by molar-refractivity contribution is 0.479. The Kier molecular flexibility index (Phi) is 3.73. The molecule has 0 aromatic heterocycles. The standard InChI is InChI=1S/C19H23NO/c1-19(2,3)16-5-8-17(9-6-16)21-18-7-4-14-10-11-20-13-15(14)12-18/h4-9,12,20H,10-11,13H2,1-3H3. The van der Waals surface area contributed by atoms with Gasteiger partial charge in [0.2, 0.25) is 0 Å². The fourth-order valence-electron chi connectivity index (χ4n) is 2.68. The number of ether oxygens (including phenoxy) is 1. The van der Waals surface area contributed by atoms with Gasteiger partial charge < -0.3 is 10.1 Å². The molecule has 0 spiro atoms. The minimum absolute atomic E-state index is 0.177. The molecule has 1 heterocycles. The highest BCUT2D eigenvalue weighted by Crippen LogP contribution is 2.28. The molecule has 2 nitrogen and oxygen atoms in total. The van der Waals surface area contributed by atoms with Gasteiger partial charge in [0, 0.05) is 6.54 Å². The second kappa shape index (κ2) is 5.53. The van der Waals surface area contributed by atoms with Crippen LogP contribution >= 0.6 is 0 Å². The van der Waals surface area contributed by atoms with E-state index in [0.29, 0.717) is 0 Å². The van der Waals surface area contributed by atoms with Gasteiger partial charge in [-0.3, -0.25) is 0 Å². The fraction of sp³-hybridized carbons (Fsp3) is 0.368. The van der Waals surface area contributed by atoms with E-state index in [2.05, 4.69) is 68.6 Å². The van der Waals surface area contributed by atoms with E-state index in [1.807, 2.05) is 0 Å². The Morgan fingerprint density at radius 2 is 1.62 bits per heavy atom. The molecule has 1 aliphatic heterocycles. The zero-order chi connectivity index (χ0) is 14.9. The summed E-state index contributed by atoms with van der Waals surface area (Å²) in [5, 5.41) is 3.40. The Morgan fingerprint density at radius 1 is 0.905 bits per heavy atom. The molecule has 0 radical (unpaired) electrons. The molecule has 2 aromatic carbocycles. The normalized spacial score (nSPS) is 14.6. The molecular formula is C19H23NO. The van der Waals surface area contributed by atoms with Crippen molar-refractivity contribution in [2.45, 2.75) is 39.2 Å². The highest BCUT2D eigenvalue weighted by Gasteiger charge is 2.13. The maximum atomic E-state index is 5.98. The fourth-order valence-corrected chi connectivity index (χ4v) is 2.68. The van der Waals surface area contributed by atoms with Crippen molar-refractivity contribution in [3.8, 4) is 11.5 Å². The zero-order valence-electron chi connectivity index (χ0n) is 13.1. The predicted octanol–water partition coefficient (Wildman–Crippen LogP) is 4.42. The third-order valence-electron chi connectivity index (χ3n) is 4.02. The Labute approximate surface area is 127 Å². The van der Waals surface area contributed by atoms with E-state index in [1.54, 1.807) is 0 Å². The molecule has 21 heavy (non-hydrogen) atoms. The molecular weight excluding hydrogens is 258 g/mol. The molecule has 1 aliphatic rings. The van der Waals surface area contributed by atoms with Gasteiger partial charge in [-0.25, -0.2) is 0 Å². The molecule has 0 saturated heterocycles. The summed E-state index contributed by atoms with van der Waals surface area (Å²) in [6.07, 6.45) is 1.11. The topological polar surface area (TPSA) is 21.3 Å². The maximum Gasteiger partial charge on any atom is 0.127 e. The van der Waals surface area contributed by atoms with E-state index in [1.165, 1.54) is 16.7 Å². The van der Waals surface area contributed by atoms with Crippen molar-refractivity contribution in [1.82, 2.24) is 5.32 Å². The summed E-state index contributed by atoms with van der Waals surface area (Å²) >= 11 is 0. The van der Waals surface area contributed by atoms with Gasteiger partial charge in [0.25, 0.3) is 0 Å². The van der Waals surface area contributed by atoms with Gasteiger partial charge in [0.15, 0.2) is 0 Å². The molecule has 0 atom stereocenters. The van der Waals surface area contributed by atoms with Crippen LogP contribution in [0.4, 0.5) is 0 Å². The van der Waals surface area contributed by atoms with Crippen LogP contribution in [0.3, 0.4) is 0 Å². The van der Waals surface area contributed by atoms with Crippen LogP contribution in [0, 0.1) is 0 Å². The first kappa shape index (κ1) is 14.2. The smallest absolute Gasteiger partial charge is 0.127 e. The van der Waals surface area contributed by atoms with Crippen LogP contribution in [0.2, 0.25) is 0 Å². The Balaban J connectivity index is 1.77. The number of hydrogen-bond acceptors (Lipinski definition) is 2. The van der Waals surface area contributed by atoms with Crippen LogP contribution in [0.25, 0.3) is 0 Å². The summed E-state index contributed by atoms with van der Waals surface area (Å²) in [5.41, 5.74) is 4.29. The molecule has 0 aliphatic carbocycles. The van der Waals surface area contributed by atoms with Crippen LogP contribution in [-0.2, 0) is 18.4 Å². The van der Waals surface area contributed by atoms with Gasteiger partial charge in [-0.1, -0.05) is 39.0 Å². The minimum atomic E-state index is 0.177. The maximum absolute atomic E-state index is 5.98. The van der Waals surface area contributed by atoms with Crippen molar-refractivity contribution < 1.29 is 4.74 Å². The SMILES string of the molecule is CC(C)(C)c1ccc(Oc2ccc3c(c2)CNCC3)cc1. The second-order valence-electron chi connectivity index (χ2n) is 6.73. The highest BCUT2D eigenvalue weighted by molar-refractivity contribution is 5.40. The predicted molar refractivity (Wildman–Crippen MR) is 87.1 cm³/mol. The van der Waals surface area contributed by atoms with Gasteiger partial charge in [0.1, 0.15) is 11.5 Å². The lowest BCUT2D eigenvalue weighted by atomic mass is 9.87. The molecule has 0 fully saturated rings. The number of nitrogens with one attached hydrogen (secondary N) is 1. The van der Waals surface area contributed by atoms with Crippen molar-refractivity contribution in [3.05, 3.63) is 59.2 Å². The van der Waals surface area contributed by atoms with E-state index in [9.17, 15) is 0 Å². The Hall–Kier alpha value is -1.80. The average Bonchev–Trinajstić information content (AvgIpc) is 2.47. The molecule has 3 rings (SSSR count). The Morgan fingerprint density at radius 3 is 2.33 bits per heavy atom. The Bertz CT molecular complexity index is 623. The average molecular weight is 281 g/mol. The third kappa shape index (κ3) is 3.27. The first-order valence-corrected chi connectivity index (χ1v) is 7.63. The van der Waals surface area contributed by atoms with Crippen LogP contribution in [0.1, 0.15) is 37.5 Å². The van der Waals surface area contributed by atoms with E-state index >= 15 is 0 Å². The van der Waals surface area contributed by atoms with Gasteiger partial charge in [-0.2, -0.15) is 0 Å². The summed E-state index contributed by atoms with van der Waals surface area (Å²) in [6, 6.07) is 14.8. The number of hydrogen-bond donors (Lipinski definition) is 1. The van der Waals surface area contributed by atoms with Crippen molar-refractivity contribution in [2.75, 3.05) is 6.54 Å². The molecule has 0 saturated carbocycles. The first-order valence-electron chi connectivity index (χ1n) is 7.63. The van der Waals surface area contributed by atoms with E-state index in [0.717, 1.165) is 31.0 Å². The highest BCUT2D eigenvalue weighted by atomic mass is 16.5. The van der Waals surface area contributed by atoms with E-state index in [4.69, 9.17) is 4.74 Å². The summed E-state index contributed by atoms with van der Waals surface area (Å²) < 4.78 is 5.98. The molecule has 2 heteroatoms. The molecule has 2 aromatic rings. The van der Waals surface area contributed by atoms with Crippen molar-refractivity contribution >= 4 is 0 Å². The number of benzene rings is 2. The lowest BCUT2D eigenvalue weighted by Gasteiger charge is -2.20. The summed E-state index contributed by atoms with van der Waals surface area (Å²) in [7, 11) is 0. The van der Waals surface area contributed by atoms with Gasteiger partial charge >= 0.3 is 0 Å². The monoisotopic (exact) mass is 281 g/mol. The number of rotatable bonds is 2. The van der Waals surface area contributed by atoms with Gasteiger partial charge in [0.05, 0.1) is 0 Å². The molecule has 0 unspecified atom stereocenters. The molecule has 110 valence electrons. The molecule has 1 N–H and O–H groups in total. The van der Waals surface area contributed by atoms with E-state index < -0.39 is 0 Å². The summed E-state index contributed by atoms with van der Waals surface area (Å²) in [5.74, 6) is 1.81. The van der Waals surface area contributed by atoms with Crippen molar-refractivity contribution in [3.63, 3.8) is 0 Å². The van der Waals surface area contributed by atoms with Gasteiger partial charge in [-0.05, 0) is 59.3 Å². The number of fused-ring (bicyclic) bond motifs is 1. The summed E-state index contributed by atoms with van der Waals surface area (Å²) in [4.78, 5) is 0. The lowest BCUT2D eigenvalue weighted by Crippen LogP contribution is -2.23. The second-order valence-corrected chi connectivity index (χ2v) is 6.73. The van der Waals surface area contributed by atoms with Crippen LogP contribution < -0.4 is 10.1 Å². The molecule has 0 amide bonds. The largest absolute Gasteiger partial charge is 0.457 e. The van der Waals surface area contributed by atoms with Crippen LogP contribution in [0.5, 0.6) is 11.5 Å². The first-order chi connectivity index (χ1) is 10.0. The zero-order valence-corrected chi connectivity index (χ0v) is 13.1. The van der Waals surface area contributed by atoms with Crippen LogP contribution in [-0.4, -0.2) is 6.54 Å². The van der Waals surface area contributed by atoms with E-state index in [-0.39, 0.29) is 5.41 Å². The van der Waals surface area contributed by atoms with Gasteiger partial charge in [-0.15, -0.1) is 0 Å². The van der Waals surface area contributed by atoms with Crippen LogP contribution in [0.15, 0.2) is 42.5 Å². The summed E-state index contributed by atoms with van der Waals surface area (Å²) in [6.45, 7) is 8.68. The molecule has 0 bridgehead atoms.